The van der Waals surface area contributed by atoms with Crippen LogP contribution in [-0.4, -0.2) is 54.8 Å². The molecule has 0 saturated carbocycles. The van der Waals surface area contributed by atoms with Crippen LogP contribution in [0.5, 0.6) is 11.5 Å². The maximum absolute atomic E-state index is 12.9. The number of thioether (sulfide) groups is 1. The zero-order valence-electron chi connectivity index (χ0n) is 21.4. The highest BCUT2D eigenvalue weighted by atomic mass is 35.5. The molecule has 1 fully saturated rings. The van der Waals surface area contributed by atoms with Gasteiger partial charge in [0, 0.05) is 5.69 Å². The third kappa shape index (κ3) is 7.52. The number of nitrogens with zero attached hydrogens (tertiary/aromatic N) is 1. The average molecular weight is 561 g/mol. The van der Waals surface area contributed by atoms with Crippen molar-refractivity contribution in [3.63, 3.8) is 0 Å². The van der Waals surface area contributed by atoms with E-state index < -0.39 is 29.6 Å². The van der Waals surface area contributed by atoms with Crippen LogP contribution in [0.3, 0.4) is 0 Å². The Morgan fingerprint density at radius 3 is 2.55 bits per heavy atom. The van der Waals surface area contributed by atoms with E-state index in [1.165, 1.54) is 25.3 Å². The summed E-state index contributed by atoms with van der Waals surface area (Å²) in [5.41, 5.74) is 1.03. The van der Waals surface area contributed by atoms with Crippen molar-refractivity contribution >= 4 is 58.1 Å². The lowest BCUT2D eigenvalue weighted by atomic mass is 10.2. The number of nitrogens with one attached hydrogen (secondary N) is 1. The number of carbonyl (C=O) groups is 4. The highest BCUT2D eigenvalue weighted by molar-refractivity contribution is 8.18. The molecule has 2 aromatic rings. The Morgan fingerprint density at radius 1 is 1.05 bits per heavy atom. The van der Waals surface area contributed by atoms with Gasteiger partial charge in [0.05, 0.1) is 35.8 Å². The molecule has 3 amide bonds. The van der Waals surface area contributed by atoms with Crippen molar-refractivity contribution in [2.24, 2.45) is 0 Å². The van der Waals surface area contributed by atoms with Gasteiger partial charge in [-0.1, -0.05) is 37.9 Å². The molecule has 11 heteroatoms. The fraction of sp³-hybridized carbons (Fsp3) is 0.333. The van der Waals surface area contributed by atoms with E-state index in [2.05, 4.69) is 5.32 Å². The lowest BCUT2D eigenvalue weighted by molar-refractivity contribution is -0.127. The zero-order chi connectivity index (χ0) is 27.7. The van der Waals surface area contributed by atoms with E-state index in [1.807, 2.05) is 13.8 Å². The predicted octanol–water partition coefficient (Wildman–Crippen LogP) is 5.77. The van der Waals surface area contributed by atoms with Gasteiger partial charge in [-0.3, -0.25) is 19.3 Å². The Labute approximate surface area is 230 Å². The molecule has 0 bridgehead atoms. The lowest BCUT2D eigenvalue weighted by Gasteiger charge is -2.13. The van der Waals surface area contributed by atoms with Crippen LogP contribution in [0.2, 0.25) is 5.02 Å². The first-order chi connectivity index (χ1) is 18.3. The molecule has 0 unspecified atom stereocenters. The number of halogens is 1. The lowest BCUT2D eigenvalue weighted by Crippen LogP contribution is -2.36. The molecule has 0 radical (unpaired) electrons. The normalized spacial score (nSPS) is 14.1. The first kappa shape index (κ1) is 29.1. The average Bonchev–Trinajstić information content (AvgIpc) is 3.16. The maximum atomic E-state index is 12.9. The van der Waals surface area contributed by atoms with Crippen LogP contribution in [-0.2, 0) is 14.3 Å². The summed E-state index contributed by atoms with van der Waals surface area (Å²) in [5, 5.41) is 2.21. The largest absolute Gasteiger partial charge is 0.493 e. The van der Waals surface area contributed by atoms with Gasteiger partial charge in [0.15, 0.2) is 11.5 Å². The maximum Gasteiger partial charge on any atom is 0.339 e. The van der Waals surface area contributed by atoms with Crippen molar-refractivity contribution in [3.05, 3.63) is 57.5 Å². The summed E-state index contributed by atoms with van der Waals surface area (Å²) in [6.45, 7) is 4.28. The van der Waals surface area contributed by atoms with Crippen LogP contribution in [0, 0.1) is 0 Å². The molecule has 0 aliphatic carbocycles. The molecule has 202 valence electrons. The molecular formula is C27H29ClN2O7S. The molecule has 0 spiro atoms. The van der Waals surface area contributed by atoms with E-state index in [9.17, 15) is 19.2 Å². The molecule has 2 aromatic carbocycles. The zero-order valence-corrected chi connectivity index (χ0v) is 22.9. The standard InChI is InChI=1S/C27H29ClN2O7S/c1-4-6-12-37-26(33)19-15-18(8-9-20(19)28)29-24(31)16-30-25(32)23(38-27(30)34)14-17-7-10-21(36-11-5-2)22(13-17)35-3/h7-10,13-15H,4-6,11-12,16H2,1-3H3,(H,29,31)/b23-14-. The van der Waals surface area contributed by atoms with Crippen LogP contribution in [0.15, 0.2) is 41.3 Å². The molecule has 3 rings (SSSR count). The van der Waals surface area contributed by atoms with E-state index in [0.717, 1.165) is 35.9 Å². The van der Waals surface area contributed by atoms with Crippen LogP contribution in [0.1, 0.15) is 49.0 Å². The third-order valence-corrected chi connectivity index (χ3v) is 6.56. The Balaban J connectivity index is 1.67. The van der Waals surface area contributed by atoms with Crippen molar-refractivity contribution < 1.29 is 33.4 Å². The first-order valence-electron chi connectivity index (χ1n) is 12.1. The van der Waals surface area contributed by atoms with E-state index in [4.69, 9.17) is 25.8 Å². The molecule has 1 heterocycles. The first-order valence-corrected chi connectivity index (χ1v) is 13.3. The SMILES string of the molecule is CCCCOC(=O)c1cc(NC(=O)CN2C(=O)S/C(=C\c3ccc(OCCC)c(OC)c3)C2=O)ccc1Cl. The smallest absolute Gasteiger partial charge is 0.339 e. The second kappa shape index (κ2) is 13.9. The number of hydrogen-bond donors (Lipinski definition) is 1. The summed E-state index contributed by atoms with van der Waals surface area (Å²) in [4.78, 5) is 51.4. The number of benzene rings is 2. The minimum Gasteiger partial charge on any atom is -0.493 e. The molecule has 9 nitrogen and oxygen atoms in total. The highest BCUT2D eigenvalue weighted by Crippen LogP contribution is 2.34. The number of anilines is 1. The van der Waals surface area contributed by atoms with Gasteiger partial charge < -0.3 is 19.5 Å². The van der Waals surface area contributed by atoms with Crippen LogP contribution in [0.25, 0.3) is 6.08 Å². The van der Waals surface area contributed by atoms with Crippen molar-refractivity contribution in [1.82, 2.24) is 4.90 Å². The monoisotopic (exact) mass is 560 g/mol. The molecule has 38 heavy (non-hydrogen) atoms. The molecular weight excluding hydrogens is 532 g/mol. The van der Waals surface area contributed by atoms with Gasteiger partial charge in [-0.15, -0.1) is 0 Å². The van der Waals surface area contributed by atoms with Gasteiger partial charge in [0.25, 0.3) is 11.1 Å². The Bertz CT molecular complexity index is 1250. The number of ether oxygens (including phenoxy) is 3. The number of rotatable bonds is 12. The number of carbonyl (C=O) groups excluding carboxylic acids is 4. The summed E-state index contributed by atoms with van der Waals surface area (Å²) >= 11 is 6.86. The van der Waals surface area contributed by atoms with Gasteiger partial charge >= 0.3 is 5.97 Å². The Kier molecular flexibility index (Phi) is 10.6. The fourth-order valence-electron chi connectivity index (χ4n) is 3.38. The number of imide groups is 1. The summed E-state index contributed by atoms with van der Waals surface area (Å²) in [6, 6.07) is 9.55. The topological polar surface area (TPSA) is 111 Å². The molecule has 1 saturated heterocycles. The highest BCUT2D eigenvalue weighted by Gasteiger charge is 2.36. The van der Waals surface area contributed by atoms with E-state index in [1.54, 1.807) is 24.3 Å². The van der Waals surface area contributed by atoms with E-state index >= 15 is 0 Å². The van der Waals surface area contributed by atoms with Crippen molar-refractivity contribution in [2.75, 3.05) is 32.2 Å². The van der Waals surface area contributed by atoms with Crippen molar-refractivity contribution in [3.8, 4) is 11.5 Å². The third-order valence-electron chi connectivity index (χ3n) is 5.32. The van der Waals surface area contributed by atoms with Crippen molar-refractivity contribution in [2.45, 2.75) is 33.1 Å². The number of hydrogen-bond acceptors (Lipinski definition) is 8. The second-order valence-electron chi connectivity index (χ2n) is 8.26. The number of esters is 1. The molecule has 1 N–H and O–H groups in total. The summed E-state index contributed by atoms with van der Waals surface area (Å²) in [5.74, 6) is -0.715. The second-order valence-corrected chi connectivity index (χ2v) is 9.66. The van der Waals surface area contributed by atoms with E-state index in [0.29, 0.717) is 23.7 Å². The molecule has 0 aromatic heterocycles. The number of unbranched alkanes of at least 4 members (excludes halogenated alkanes) is 1. The van der Waals surface area contributed by atoms with E-state index in [-0.39, 0.29) is 27.8 Å². The van der Waals surface area contributed by atoms with Gasteiger partial charge in [-0.25, -0.2) is 4.79 Å². The Morgan fingerprint density at radius 2 is 1.84 bits per heavy atom. The summed E-state index contributed by atoms with van der Waals surface area (Å²) < 4.78 is 16.2. The van der Waals surface area contributed by atoms with Crippen LogP contribution in [0.4, 0.5) is 10.5 Å². The molecule has 1 aliphatic rings. The minimum absolute atomic E-state index is 0.108. The van der Waals surface area contributed by atoms with Gasteiger partial charge in [0.1, 0.15) is 6.54 Å². The summed E-state index contributed by atoms with van der Waals surface area (Å²) in [6.07, 6.45) is 3.99. The van der Waals surface area contributed by atoms with Crippen molar-refractivity contribution in [1.29, 1.82) is 0 Å². The van der Waals surface area contributed by atoms with Gasteiger partial charge in [-0.2, -0.15) is 0 Å². The fourth-order valence-corrected chi connectivity index (χ4v) is 4.42. The quantitative estimate of drug-likeness (QED) is 0.198. The molecule has 0 atom stereocenters. The summed E-state index contributed by atoms with van der Waals surface area (Å²) in [7, 11) is 1.52. The van der Waals surface area contributed by atoms with Gasteiger partial charge in [0.2, 0.25) is 5.91 Å². The number of methoxy groups -OCH3 is 1. The van der Waals surface area contributed by atoms with Crippen LogP contribution >= 0.6 is 23.4 Å². The molecule has 1 aliphatic heterocycles. The Hall–Kier alpha value is -3.50. The van der Waals surface area contributed by atoms with Crippen LogP contribution < -0.4 is 14.8 Å². The van der Waals surface area contributed by atoms with Gasteiger partial charge in [-0.05, 0) is 66.6 Å². The minimum atomic E-state index is -0.611. The predicted molar refractivity (Wildman–Crippen MR) is 147 cm³/mol. The number of amides is 3.